The van der Waals surface area contributed by atoms with Crippen molar-refractivity contribution in [3.05, 3.63) is 12.2 Å². The van der Waals surface area contributed by atoms with Crippen molar-refractivity contribution >= 4 is 12.1 Å². The van der Waals surface area contributed by atoms with Crippen molar-refractivity contribution in [2.24, 2.45) is 0 Å². The molecule has 44 valence electrons. The first-order valence-corrected chi connectivity index (χ1v) is 2.07. The Morgan fingerprint density at radius 2 is 2.25 bits per heavy atom. The number of hydrogen-bond acceptors (Lipinski definition) is 3. The van der Waals surface area contributed by atoms with E-state index in [0.29, 0.717) is 0 Å². The highest BCUT2D eigenvalue weighted by Crippen LogP contribution is 1.69. The van der Waals surface area contributed by atoms with Gasteiger partial charge >= 0.3 is 0 Å². The minimum absolute atomic E-state index is 0.187. The van der Waals surface area contributed by atoms with Crippen LogP contribution < -0.4 is 0 Å². The summed E-state index contributed by atoms with van der Waals surface area (Å²) in [7, 11) is 0. The fraction of sp³-hybridized carbons (Fsp3) is 0.200. The minimum atomic E-state index is -0.626. The van der Waals surface area contributed by atoms with Crippen molar-refractivity contribution in [2.75, 3.05) is 6.61 Å². The Balaban J connectivity index is 3.52. The standard InChI is InChI=1S/C5H6O3/c6-3-1-2-5(8)4-7/h1-2,4,6H,3H2. The molecule has 0 aliphatic rings. The molecule has 0 aliphatic heterocycles. The van der Waals surface area contributed by atoms with Crippen LogP contribution in [0.3, 0.4) is 0 Å². The number of carbonyl (C=O) groups is 2. The molecule has 0 aliphatic carbocycles. The quantitative estimate of drug-likeness (QED) is 0.300. The number of carbonyl (C=O) groups excluding carboxylic acids is 2. The zero-order valence-electron chi connectivity index (χ0n) is 4.20. The van der Waals surface area contributed by atoms with Gasteiger partial charge in [0.15, 0.2) is 6.29 Å². The number of ketones is 1. The molecule has 0 saturated heterocycles. The summed E-state index contributed by atoms with van der Waals surface area (Å²) in [4.78, 5) is 19.5. The van der Waals surface area contributed by atoms with Gasteiger partial charge in [0, 0.05) is 0 Å². The highest BCUT2D eigenvalue weighted by Gasteiger charge is 1.85. The van der Waals surface area contributed by atoms with Gasteiger partial charge in [-0.15, -0.1) is 0 Å². The first-order valence-electron chi connectivity index (χ1n) is 2.07. The Kier molecular flexibility index (Phi) is 3.70. The number of rotatable bonds is 3. The van der Waals surface area contributed by atoms with Crippen LogP contribution in [0.1, 0.15) is 0 Å². The van der Waals surface area contributed by atoms with Gasteiger partial charge in [-0.25, -0.2) is 0 Å². The number of aldehydes is 1. The number of hydrogen-bond donors (Lipinski definition) is 1. The summed E-state index contributed by atoms with van der Waals surface area (Å²) < 4.78 is 0. The maximum Gasteiger partial charge on any atom is 0.217 e. The smallest absolute Gasteiger partial charge is 0.217 e. The molecule has 1 N–H and O–H groups in total. The van der Waals surface area contributed by atoms with Crippen molar-refractivity contribution in [2.45, 2.75) is 0 Å². The fourth-order valence-electron chi connectivity index (χ4n) is 0.208. The Hall–Kier alpha value is -0.960. The molecule has 0 fully saturated rings. The van der Waals surface area contributed by atoms with Crippen LogP contribution in [0.5, 0.6) is 0 Å². The molecular formula is C5H6O3. The molecule has 0 aromatic heterocycles. The molecule has 0 heterocycles. The predicted molar refractivity (Wildman–Crippen MR) is 27.3 cm³/mol. The van der Waals surface area contributed by atoms with Crippen molar-refractivity contribution in [3.63, 3.8) is 0 Å². The van der Waals surface area contributed by atoms with Gasteiger partial charge in [-0.3, -0.25) is 9.59 Å². The molecule has 0 aromatic rings. The summed E-state index contributed by atoms with van der Waals surface area (Å²) in [6.07, 6.45) is 2.41. The zero-order valence-corrected chi connectivity index (χ0v) is 4.20. The lowest BCUT2D eigenvalue weighted by Gasteiger charge is -1.73. The average molecular weight is 114 g/mol. The molecule has 0 amide bonds. The maximum atomic E-state index is 10.0. The lowest BCUT2D eigenvalue weighted by molar-refractivity contribution is -0.126. The Morgan fingerprint density at radius 3 is 2.62 bits per heavy atom. The third kappa shape index (κ3) is 3.24. The lowest BCUT2D eigenvalue weighted by atomic mass is 10.4. The van der Waals surface area contributed by atoms with E-state index in [0.717, 1.165) is 6.08 Å². The molecule has 0 aromatic carbocycles. The lowest BCUT2D eigenvalue weighted by Crippen LogP contribution is -1.91. The van der Waals surface area contributed by atoms with E-state index in [9.17, 15) is 9.59 Å². The second kappa shape index (κ2) is 4.21. The normalized spacial score (nSPS) is 9.62. The Labute approximate surface area is 46.6 Å². The van der Waals surface area contributed by atoms with Gasteiger partial charge in [0.2, 0.25) is 5.78 Å². The fourth-order valence-corrected chi connectivity index (χ4v) is 0.208. The Morgan fingerprint density at radius 1 is 1.62 bits per heavy atom. The first kappa shape index (κ1) is 7.04. The van der Waals surface area contributed by atoms with E-state index in [4.69, 9.17) is 5.11 Å². The third-order valence-electron chi connectivity index (χ3n) is 0.504. The summed E-state index contributed by atoms with van der Waals surface area (Å²) in [6.45, 7) is -0.209. The van der Waals surface area contributed by atoms with E-state index < -0.39 is 5.78 Å². The van der Waals surface area contributed by atoms with E-state index in [-0.39, 0.29) is 12.9 Å². The van der Waals surface area contributed by atoms with Gasteiger partial charge < -0.3 is 5.11 Å². The number of aliphatic hydroxyl groups is 1. The van der Waals surface area contributed by atoms with Crippen LogP contribution in [-0.4, -0.2) is 23.8 Å². The Bertz CT molecular complexity index is 115. The molecule has 3 nitrogen and oxygen atoms in total. The summed E-state index contributed by atoms with van der Waals surface area (Å²) >= 11 is 0. The highest BCUT2D eigenvalue weighted by molar-refractivity contribution is 6.30. The summed E-state index contributed by atoms with van der Waals surface area (Å²) in [5.41, 5.74) is 0. The van der Waals surface area contributed by atoms with Gasteiger partial charge in [-0.2, -0.15) is 0 Å². The van der Waals surface area contributed by atoms with E-state index in [1.54, 1.807) is 0 Å². The second-order valence-electron chi connectivity index (χ2n) is 1.11. The van der Waals surface area contributed by atoms with Crippen LogP contribution in [0.2, 0.25) is 0 Å². The molecule has 0 rings (SSSR count). The monoisotopic (exact) mass is 114 g/mol. The van der Waals surface area contributed by atoms with E-state index in [1.165, 1.54) is 6.08 Å². The van der Waals surface area contributed by atoms with Gasteiger partial charge in [0.1, 0.15) is 0 Å². The van der Waals surface area contributed by atoms with Crippen LogP contribution >= 0.6 is 0 Å². The minimum Gasteiger partial charge on any atom is -0.392 e. The summed E-state index contributed by atoms with van der Waals surface area (Å²) in [6, 6.07) is 0. The molecule has 8 heavy (non-hydrogen) atoms. The van der Waals surface area contributed by atoms with Crippen molar-refractivity contribution in [1.29, 1.82) is 0 Å². The molecular weight excluding hydrogens is 108 g/mol. The van der Waals surface area contributed by atoms with Gasteiger partial charge in [0.05, 0.1) is 6.61 Å². The van der Waals surface area contributed by atoms with E-state index in [2.05, 4.69) is 0 Å². The molecule has 0 spiro atoms. The molecule has 0 saturated carbocycles. The second-order valence-corrected chi connectivity index (χ2v) is 1.11. The number of allylic oxidation sites excluding steroid dienone is 1. The third-order valence-corrected chi connectivity index (χ3v) is 0.504. The molecule has 0 atom stereocenters. The van der Waals surface area contributed by atoms with Crippen molar-refractivity contribution < 1.29 is 14.7 Å². The van der Waals surface area contributed by atoms with Crippen LogP contribution in [0, 0.1) is 0 Å². The highest BCUT2D eigenvalue weighted by atomic mass is 16.2. The van der Waals surface area contributed by atoms with E-state index >= 15 is 0 Å². The molecule has 0 bridgehead atoms. The van der Waals surface area contributed by atoms with Crippen LogP contribution in [0.15, 0.2) is 12.2 Å². The largest absolute Gasteiger partial charge is 0.392 e. The van der Waals surface area contributed by atoms with Gasteiger partial charge in [-0.05, 0) is 6.08 Å². The summed E-state index contributed by atoms with van der Waals surface area (Å²) in [5.74, 6) is -0.626. The van der Waals surface area contributed by atoms with Crippen molar-refractivity contribution in [1.82, 2.24) is 0 Å². The summed E-state index contributed by atoms with van der Waals surface area (Å²) in [5, 5.41) is 8.06. The van der Waals surface area contributed by atoms with Crippen LogP contribution in [0.4, 0.5) is 0 Å². The van der Waals surface area contributed by atoms with Crippen molar-refractivity contribution in [3.8, 4) is 0 Å². The van der Waals surface area contributed by atoms with Gasteiger partial charge in [0.25, 0.3) is 0 Å². The molecule has 3 heteroatoms. The van der Waals surface area contributed by atoms with Crippen LogP contribution in [-0.2, 0) is 9.59 Å². The average Bonchev–Trinajstić information content (AvgIpc) is 1.83. The van der Waals surface area contributed by atoms with Crippen LogP contribution in [0.25, 0.3) is 0 Å². The van der Waals surface area contributed by atoms with E-state index in [1.807, 2.05) is 0 Å². The topological polar surface area (TPSA) is 54.4 Å². The zero-order chi connectivity index (χ0) is 6.41. The molecule has 0 unspecified atom stereocenters. The van der Waals surface area contributed by atoms with Gasteiger partial charge in [-0.1, -0.05) is 6.08 Å². The SMILES string of the molecule is O=CC(=O)C=CCO. The predicted octanol–water partition coefficient (Wildman–Crippen LogP) is -0.697. The first-order chi connectivity index (χ1) is 3.81. The number of aliphatic hydroxyl groups excluding tert-OH is 1. The molecule has 0 radical (unpaired) electrons. The maximum absolute atomic E-state index is 10.0.